The molecular formula is C5H14N2Zn. The van der Waals surface area contributed by atoms with Crippen molar-refractivity contribution in [2.45, 2.75) is 19.3 Å². The van der Waals surface area contributed by atoms with Crippen LogP contribution in [-0.2, 0) is 19.5 Å². The third kappa shape index (κ3) is 16.0. The molecule has 2 nitrogen and oxygen atoms in total. The first-order valence-corrected chi connectivity index (χ1v) is 2.41. The van der Waals surface area contributed by atoms with Gasteiger partial charge in [-0.2, -0.15) is 6.42 Å². The Bertz CT molecular complexity index is 22.4. The topological polar surface area (TPSA) is 59.5 Å². The second-order valence-electron chi connectivity index (χ2n) is 1.35. The zero-order valence-corrected chi connectivity index (χ0v) is 8.36. The molecule has 0 spiro atoms. The van der Waals surface area contributed by atoms with Crippen molar-refractivity contribution < 1.29 is 19.5 Å². The summed E-state index contributed by atoms with van der Waals surface area (Å²) in [5, 5.41) is 0. The van der Waals surface area contributed by atoms with Crippen molar-refractivity contribution in [3.05, 3.63) is 13.1 Å². The molecule has 3 heteroatoms. The van der Waals surface area contributed by atoms with Crippen LogP contribution < -0.4 is 5.73 Å². The third-order valence-electron chi connectivity index (χ3n) is 0.704. The molecule has 0 heterocycles. The van der Waals surface area contributed by atoms with Crippen molar-refractivity contribution in [2.75, 3.05) is 6.54 Å². The minimum absolute atomic E-state index is 0. The van der Waals surface area contributed by atoms with Gasteiger partial charge >= 0.3 is 19.5 Å². The monoisotopic (exact) mass is 166 g/mol. The summed E-state index contributed by atoms with van der Waals surface area (Å²) in [4.78, 5) is 0. The molecule has 0 aliphatic carbocycles. The Morgan fingerprint density at radius 2 is 1.75 bits per heavy atom. The molecule has 8 heavy (non-hydrogen) atoms. The number of hydrogen-bond acceptors (Lipinski definition) is 1. The van der Waals surface area contributed by atoms with Gasteiger partial charge < -0.3 is 18.8 Å². The van der Waals surface area contributed by atoms with E-state index in [0.717, 1.165) is 19.4 Å². The summed E-state index contributed by atoms with van der Waals surface area (Å²) in [6.45, 7) is 4.48. The van der Waals surface area contributed by atoms with Crippen molar-refractivity contribution in [3.63, 3.8) is 0 Å². The SMILES string of the molecule is [CH2-]CCCCN.[NH2-].[Zn+2]. The first-order valence-electron chi connectivity index (χ1n) is 2.41. The second-order valence-corrected chi connectivity index (χ2v) is 1.35. The Morgan fingerprint density at radius 1 is 1.25 bits per heavy atom. The van der Waals surface area contributed by atoms with Crippen molar-refractivity contribution in [2.24, 2.45) is 5.73 Å². The maximum atomic E-state index is 5.19. The predicted octanol–water partition coefficient (Wildman–Crippen LogP) is 1.66. The summed E-state index contributed by atoms with van der Waals surface area (Å²) in [5.74, 6) is 0. The summed E-state index contributed by atoms with van der Waals surface area (Å²) >= 11 is 0. The Labute approximate surface area is 64.6 Å². The first-order chi connectivity index (χ1) is 2.91. The van der Waals surface area contributed by atoms with Crippen molar-refractivity contribution in [1.29, 1.82) is 0 Å². The Kier molecular flexibility index (Phi) is 30.9. The van der Waals surface area contributed by atoms with Crippen molar-refractivity contribution >= 4 is 0 Å². The van der Waals surface area contributed by atoms with Gasteiger partial charge in [-0.25, -0.2) is 0 Å². The third-order valence-corrected chi connectivity index (χ3v) is 0.704. The smallest absolute Gasteiger partial charge is 0.693 e. The molecule has 0 aromatic heterocycles. The van der Waals surface area contributed by atoms with Gasteiger partial charge in [0.1, 0.15) is 0 Å². The summed E-state index contributed by atoms with van der Waals surface area (Å²) < 4.78 is 0. The van der Waals surface area contributed by atoms with Gasteiger partial charge in [0.15, 0.2) is 0 Å². The molecule has 46 valence electrons. The molecule has 0 fully saturated rings. The van der Waals surface area contributed by atoms with Crippen LogP contribution in [0, 0.1) is 6.92 Å². The van der Waals surface area contributed by atoms with Crippen LogP contribution in [0.15, 0.2) is 0 Å². The molecular weight excluding hydrogens is 153 g/mol. The first kappa shape index (κ1) is 15.8. The molecule has 0 rings (SSSR count). The van der Waals surface area contributed by atoms with E-state index >= 15 is 0 Å². The van der Waals surface area contributed by atoms with Crippen molar-refractivity contribution in [3.8, 4) is 0 Å². The molecule has 0 aromatic rings. The maximum absolute atomic E-state index is 5.19. The molecule has 0 saturated carbocycles. The van der Waals surface area contributed by atoms with Gasteiger partial charge in [-0.1, -0.05) is 6.42 Å². The van der Waals surface area contributed by atoms with Crippen LogP contribution >= 0.6 is 0 Å². The predicted molar refractivity (Wildman–Crippen MR) is 33.5 cm³/mol. The largest absolute Gasteiger partial charge is 2.00 e. The van der Waals surface area contributed by atoms with E-state index in [9.17, 15) is 0 Å². The molecule has 0 aromatic carbocycles. The van der Waals surface area contributed by atoms with E-state index in [0.29, 0.717) is 0 Å². The summed E-state index contributed by atoms with van der Waals surface area (Å²) in [6, 6.07) is 0. The molecule has 0 bridgehead atoms. The zero-order chi connectivity index (χ0) is 4.83. The molecule has 0 aliphatic heterocycles. The van der Waals surface area contributed by atoms with E-state index in [1.54, 1.807) is 0 Å². The standard InChI is InChI=1S/C5H12N.H2N.Zn/c1-2-3-4-5-6;;/h1-6H2;1H2;/q2*-1;+2. The van der Waals surface area contributed by atoms with E-state index in [4.69, 9.17) is 5.73 Å². The molecule has 0 amide bonds. The average Bonchev–Trinajstić information content (AvgIpc) is 1.61. The summed E-state index contributed by atoms with van der Waals surface area (Å²) in [7, 11) is 0. The van der Waals surface area contributed by atoms with Gasteiger partial charge in [-0.15, -0.1) is 0 Å². The Morgan fingerprint density at radius 3 is 1.88 bits per heavy atom. The Balaban J connectivity index is -0.000000125. The minimum atomic E-state index is 0. The van der Waals surface area contributed by atoms with Gasteiger partial charge in [0.2, 0.25) is 0 Å². The molecule has 0 radical (unpaired) electrons. The molecule has 0 saturated heterocycles. The number of nitrogens with two attached hydrogens (primary N) is 2. The molecule has 0 unspecified atom stereocenters. The normalized spacial score (nSPS) is 6.75. The van der Waals surface area contributed by atoms with Gasteiger partial charge in [0.25, 0.3) is 0 Å². The van der Waals surface area contributed by atoms with E-state index in [1.807, 2.05) is 0 Å². The average molecular weight is 168 g/mol. The number of hydrogen-bond donors (Lipinski definition) is 1. The fraction of sp³-hybridized carbons (Fsp3) is 0.800. The maximum Gasteiger partial charge on any atom is 2.00 e. The Hall–Kier alpha value is 0.543. The van der Waals surface area contributed by atoms with Crippen LogP contribution in [-0.4, -0.2) is 6.54 Å². The quantitative estimate of drug-likeness (QED) is 0.388. The van der Waals surface area contributed by atoms with Gasteiger partial charge in [-0.05, 0) is 13.0 Å². The van der Waals surface area contributed by atoms with Gasteiger partial charge in [-0.3, -0.25) is 0 Å². The second kappa shape index (κ2) is 15.6. The fourth-order valence-electron chi connectivity index (χ4n) is 0.321. The molecule has 0 aliphatic rings. The number of rotatable bonds is 3. The van der Waals surface area contributed by atoms with Crippen LogP contribution in [0.4, 0.5) is 0 Å². The van der Waals surface area contributed by atoms with Gasteiger partial charge in [0.05, 0.1) is 0 Å². The van der Waals surface area contributed by atoms with E-state index in [2.05, 4.69) is 6.92 Å². The van der Waals surface area contributed by atoms with Gasteiger partial charge in [0, 0.05) is 0 Å². The van der Waals surface area contributed by atoms with Crippen LogP contribution in [0.3, 0.4) is 0 Å². The van der Waals surface area contributed by atoms with Crippen LogP contribution in [0.1, 0.15) is 19.3 Å². The van der Waals surface area contributed by atoms with Crippen LogP contribution in [0.25, 0.3) is 6.15 Å². The van der Waals surface area contributed by atoms with E-state index < -0.39 is 0 Å². The van der Waals surface area contributed by atoms with Crippen LogP contribution in [0.2, 0.25) is 0 Å². The van der Waals surface area contributed by atoms with Crippen molar-refractivity contribution in [1.82, 2.24) is 0 Å². The van der Waals surface area contributed by atoms with E-state index in [-0.39, 0.29) is 25.6 Å². The zero-order valence-electron chi connectivity index (χ0n) is 5.40. The molecule has 0 atom stereocenters. The van der Waals surface area contributed by atoms with Crippen LogP contribution in [0.5, 0.6) is 0 Å². The summed E-state index contributed by atoms with van der Waals surface area (Å²) in [5.41, 5.74) is 5.19. The summed E-state index contributed by atoms with van der Waals surface area (Å²) in [6.07, 6.45) is 3.33. The fourth-order valence-corrected chi connectivity index (χ4v) is 0.321. The minimum Gasteiger partial charge on any atom is -0.693 e. The number of unbranched alkanes of at least 4 members (excludes halogenated alkanes) is 2. The van der Waals surface area contributed by atoms with E-state index in [1.165, 1.54) is 6.42 Å². The molecule has 4 N–H and O–H groups in total.